The fraction of sp³-hybridized carbons (Fsp3) is 0.560. The van der Waals surface area contributed by atoms with Crippen LogP contribution < -0.4 is 15.1 Å². The van der Waals surface area contributed by atoms with Crippen LogP contribution in [0, 0.1) is 5.82 Å². The number of fused-ring (bicyclic) bond motifs is 2. The SMILES string of the molecule is CC(C)(C)OC(=O)N1CC2CC1CN2c1cc(Nc2ccc(C(F)F)cn2)nc(N2CCOCC2)c1F. The molecular weight excluding hydrogens is 489 g/mol. The monoisotopic (exact) mass is 520 g/mol. The smallest absolute Gasteiger partial charge is 0.410 e. The molecule has 2 aromatic rings. The summed E-state index contributed by atoms with van der Waals surface area (Å²) < 4.78 is 52.8. The number of hydrogen-bond donors (Lipinski definition) is 1. The van der Waals surface area contributed by atoms with Gasteiger partial charge in [0.15, 0.2) is 11.6 Å². The lowest BCUT2D eigenvalue weighted by atomic mass is 10.2. The van der Waals surface area contributed by atoms with Gasteiger partial charge in [-0.2, -0.15) is 0 Å². The van der Waals surface area contributed by atoms with E-state index in [4.69, 9.17) is 9.47 Å². The van der Waals surface area contributed by atoms with Gasteiger partial charge in [0, 0.05) is 50.0 Å². The Hall–Kier alpha value is -3.28. The Labute approximate surface area is 213 Å². The maximum atomic E-state index is 16.0. The van der Waals surface area contributed by atoms with Crippen LogP contribution in [0.15, 0.2) is 24.4 Å². The van der Waals surface area contributed by atoms with Crippen molar-refractivity contribution in [2.45, 2.75) is 51.3 Å². The standard InChI is InChI=1S/C25H31F3N6O3/c1-25(2,3)37-24(35)34-14-16-10-17(34)13-33(16)18-11-20(30-19-5-4-15(12-29-19)22(27)28)31-23(21(18)26)32-6-8-36-9-7-32/h4-5,11-12,16-17,22H,6-10,13-14H2,1-3H3,(H,29,30,31). The van der Waals surface area contributed by atoms with E-state index in [1.54, 1.807) is 11.0 Å². The lowest BCUT2D eigenvalue weighted by Gasteiger charge is -2.37. The number of hydrogen-bond acceptors (Lipinski definition) is 8. The summed E-state index contributed by atoms with van der Waals surface area (Å²) in [6, 6.07) is 4.19. The minimum absolute atomic E-state index is 0.0664. The van der Waals surface area contributed by atoms with Gasteiger partial charge in [-0.15, -0.1) is 0 Å². The third-order valence-electron chi connectivity index (χ3n) is 6.70. The van der Waals surface area contributed by atoms with Crippen molar-refractivity contribution < 1.29 is 27.4 Å². The van der Waals surface area contributed by atoms with Crippen molar-refractivity contribution in [3.63, 3.8) is 0 Å². The van der Waals surface area contributed by atoms with Crippen molar-refractivity contribution in [3.8, 4) is 0 Å². The first-order valence-corrected chi connectivity index (χ1v) is 12.4. The van der Waals surface area contributed by atoms with Gasteiger partial charge in [0.2, 0.25) is 0 Å². The van der Waals surface area contributed by atoms with Gasteiger partial charge in [-0.1, -0.05) is 0 Å². The van der Waals surface area contributed by atoms with Gasteiger partial charge in [0.25, 0.3) is 6.43 Å². The Kier molecular flexibility index (Phi) is 6.78. The van der Waals surface area contributed by atoms with Crippen molar-refractivity contribution in [2.24, 2.45) is 0 Å². The van der Waals surface area contributed by atoms with Crippen molar-refractivity contribution in [3.05, 3.63) is 35.8 Å². The van der Waals surface area contributed by atoms with E-state index >= 15 is 4.39 Å². The number of anilines is 4. The van der Waals surface area contributed by atoms with Gasteiger partial charge in [-0.25, -0.2) is 27.9 Å². The van der Waals surface area contributed by atoms with Gasteiger partial charge in [-0.05, 0) is 39.3 Å². The molecule has 0 spiro atoms. The van der Waals surface area contributed by atoms with Gasteiger partial charge in [-0.3, -0.25) is 0 Å². The number of alkyl halides is 2. The van der Waals surface area contributed by atoms with Crippen molar-refractivity contribution in [1.29, 1.82) is 0 Å². The third kappa shape index (κ3) is 5.39. The van der Waals surface area contributed by atoms with E-state index in [0.29, 0.717) is 63.1 Å². The highest BCUT2D eigenvalue weighted by molar-refractivity contribution is 5.72. The Morgan fingerprint density at radius 2 is 1.92 bits per heavy atom. The zero-order valence-electron chi connectivity index (χ0n) is 21.1. The predicted octanol–water partition coefficient (Wildman–Crippen LogP) is 4.33. The van der Waals surface area contributed by atoms with Crippen LogP contribution in [0.5, 0.6) is 0 Å². The molecule has 2 atom stereocenters. The van der Waals surface area contributed by atoms with Crippen LogP contribution in [0.25, 0.3) is 0 Å². The van der Waals surface area contributed by atoms with Gasteiger partial charge in [0.05, 0.1) is 24.9 Å². The predicted molar refractivity (Wildman–Crippen MR) is 132 cm³/mol. The summed E-state index contributed by atoms with van der Waals surface area (Å²) in [7, 11) is 0. The Balaban J connectivity index is 1.41. The maximum Gasteiger partial charge on any atom is 0.410 e. The topological polar surface area (TPSA) is 83.1 Å². The lowest BCUT2D eigenvalue weighted by molar-refractivity contribution is 0.0214. The van der Waals surface area contributed by atoms with Crippen LogP contribution in [-0.4, -0.2) is 78.0 Å². The second kappa shape index (κ2) is 9.88. The number of piperazine rings is 1. The summed E-state index contributed by atoms with van der Waals surface area (Å²) in [6.45, 7) is 8.30. The Bertz CT molecular complexity index is 1140. The molecule has 9 nitrogen and oxygen atoms in total. The summed E-state index contributed by atoms with van der Waals surface area (Å²) >= 11 is 0. The molecule has 2 aromatic heterocycles. The highest BCUT2D eigenvalue weighted by atomic mass is 19.3. The second-order valence-corrected chi connectivity index (χ2v) is 10.5. The molecule has 3 fully saturated rings. The fourth-order valence-electron chi connectivity index (χ4n) is 5.01. The largest absolute Gasteiger partial charge is 0.444 e. The number of halogens is 3. The molecule has 5 rings (SSSR count). The van der Waals surface area contributed by atoms with Gasteiger partial charge >= 0.3 is 6.09 Å². The molecule has 12 heteroatoms. The Morgan fingerprint density at radius 1 is 1.16 bits per heavy atom. The summed E-state index contributed by atoms with van der Waals surface area (Å²) in [5.74, 6) is 0.424. The molecule has 0 aliphatic carbocycles. The summed E-state index contributed by atoms with van der Waals surface area (Å²) in [5.41, 5.74) is -0.403. The molecule has 37 heavy (non-hydrogen) atoms. The van der Waals surface area contributed by atoms with Crippen LogP contribution in [0.2, 0.25) is 0 Å². The Morgan fingerprint density at radius 3 is 2.51 bits per heavy atom. The first-order valence-electron chi connectivity index (χ1n) is 12.4. The number of likely N-dealkylation sites (tertiary alicyclic amines) is 1. The average molecular weight is 521 g/mol. The maximum absolute atomic E-state index is 16.0. The highest BCUT2D eigenvalue weighted by Crippen LogP contribution is 2.40. The quantitative estimate of drug-likeness (QED) is 0.624. The first kappa shape index (κ1) is 25.4. The summed E-state index contributed by atoms with van der Waals surface area (Å²) in [5, 5.41) is 3.03. The lowest BCUT2D eigenvalue weighted by Crippen LogP contribution is -2.50. The van der Waals surface area contributed by atoms with Crippen molar-refractivity contribution in [2.75, 3.05) is 54.5 Å². The van der Waals surface area contributed by atoms with Crippen LogP contribution in [0.4, 0.5) is 41.1 Å². The molecule has 1 N–H and O–H groups in total. The van der Waals surface area contributed by atoms with E-state index < -0.39 is 17.8 Å². The number of amides is 1. The average Bonchev–Trinajstić information content (AvgIpc) is 3.46. The van der Waals surface area contributed by atoms with Crippen molar-refractivity contribution in [1.82, 2.24) is 14.9 Å². The summed E-state index contributed by atoms with van der Waals surface area (Å²) in [4.78, 5) is 26.8. The molecule has 2 unspecified atom stereocenters. The zero-order chi connectivity index (χ0) is 26.3. The molecule has 3 saturated heterocycles. The number of morpholine rings is 1. The number of nitrogens with zero attached hydrogens (tertiary/aromatic N) is 5. The molecule has 0 aromatic carbocycles. The van der Waals surface area contributed by atoms with Crippen LogP contribution in [0.3, 0.4) is 0 Å². The molecule has 0 radical (unpaired) electrons. The fourth-order valence-corrected chi connectivity index (χ4v) is 5.01. The third-order valence-corrected chi connectivity index (χ3v) is 6.70. The minimum Gasteiger partial charge on any atom is -0.444 e. The highest BCUT2D eigenvalue weighted by Gasteiger charge is 2.47. The van der Waals surface area contributed by atoms with Crippen LogP contribution in [0.1, 0.15) is 39.2 Å². The van der Waals surface area contributed by atoms with E-state index in [1.165, 1.54) is 12.1 Å². The van der Waals surface area contributed by atoms with E-state index in [9.17, 15) is 13.6 Å². The first-order chi connectivity index (χ1) is 17.6. The number of ether oxygens (including phenoxy) is 2. The van der Waals surface area contributed by atoms with Crippen LogP contribution in [-0.2, 0) is 9.47 Å². The van der Waals surface area contributed by atoms with Gasteiger partial charge < -0.3 is 29.5 Å². The van der Waals surface area contributed by atoms with Gasteiger partial charge in [0.1, 0.15) is 17.2 Å². The number of rotatable bonds is 5. The van der Waals surface area contributed by atoms with E-state index in [2.05, 4.69) is 15.3 Å². The number of carbonyl (C=O) groups excluding carboxylic acids is 1. The number of pyridine rings is 2. The number of aromatic nitrogens is 2. The summed E-state index contributed by atoms with van der Waals surface area (Å²) in [6.07, 6.45) is -1.15. The zero-order valence-corrected chi connectivity index (χ0v) is 21.1. The molecule has 0 saturated carbocycles. The van der Waals surface area contributed by atoms with Crippen molar-refractivity contribution >= 4 is 29.2 Å². The molecule has 5 heterocycles. The molecular formula is C25H31F3N6O3. The van der Waals surface area contributed by atoms with Crippen LogP contribution >= 0.6 is 0 Å². The van der Waals surface area contributed by atoms with E-state index in [0.717, 1.165) is 6.20 Å². The minimum atomic E-state index is -2.61. The van der Waals surface area contributed by atoms with E-state index in [1.807, 2.05) is 30.6 Å². The molecule has 1 amide bonds. The normalized spacial score (nSPS) is 21.6. The molecule has 200 valence electrons. The molecule has 2 bridgehead atoms. The molecule has 3 aliphatic rings. The molecule has 3 aliphatic heterocycles. The van der Waals surface area contributed by atoms with E-state index in [-0.39, 0.29) is 29.6 Å². The second-order valence-electron chi connectivity index (χ2n) is 10.5. The number of carbonyl (C=O) groups is 1. The number of nitrogens with one attached hydrogen (secondary N) is 1.